The van der Waals surface area contributed by atoms with Gasteiger partial charge >= 0.3 is 0 Å². The lowest BCUT2D eigenvalue weighted by Gasteiger charge is -2.19. The first-order chi connectivity index (χ1) is 5.11. The predicted octanol–water partition coefficient (Wildman–Crippen LogP) is 3.26. The third kappa shape index (κ3) is 1.92. The molecule has 0 aromatic carbocycles. The first-order valence-corrected chi connectivity index (χ1v) is 4.12. The van der Waals surface area contributed by atoms with Gasteiger partial charge in [-0.25, -0.2) is 4.39 Å². The Kier molecular flexibility index (Phi) is 2.48. The molecule has 11 heavy (non-hydrogen) atoms. The van der Waals surface area contributed by atoms with E-state index in [2.05, 4.69) is 0 Å². The highest BCUT2D eigenvalue weighted by Crippen LogP contribution is 2.26. The van der Waals surface area contributed by atoms with E-state index in [1.165, 1.54) is 0 Å². The van der Waals surface area contributed by atoms with Crippen LogP contribution in [0.4, 0.5) is 4.39 Å². The maximum absolute atomic E-state index is 13.2. The van der Waals surface area contributed by atoms with E-state index in [0.717, 1.165) is 11.1 Å². The maximum atomic E-state index is 13.2. The molecule has 0 amide bonds. The van der Waals surface area contributed by atoms with Gasteiger partial charge in [0.2, 0.25) is 0 Å². The molecule has 1 aliphatic carbocycles. The topological polar surface area (TPSA) is 0 Å². The van der Waals surface area contributed by atoms with Crippen molar-refractivity contribution in [1.29, 1.82) is 0 Å². The third-order valence-corrected chi connectivity index (χ3v) is 2.09. The van der Waals surface area contributed by atoms with Gasteiger partial charge in [0.25, 0.3) is 0 Å². The molecule has 0 bridgehead atoms. The molecule has 0 aromatic heterocycles. The van der Waals surface area contributed by atoms with Gasteiger partial charge in [-0.1, -0.05) is 31.6 Å². The Balaban J connectivity index is 2.78. The van der Waals surface area contributed by atoms with Crippen molar-refractivity contribution in [3.8, 4) is 0 Å². The highest BCUT2D eigenvalue weighted by atomic mass is 19.1. The summed E-state index contributed by atoms with van der Waals surface area (Å²) in [6.45, 7) is 6.04. The van der Waals surface area contributed by atoms with Crippen molar-refractivity contribution in [2.24, 2.45) is 5.92 Å². The van der Waals surface area contributed by atoms with E-state index in [4.69, 9.17) is 0 Å². The quantitative estimate of drug-likeness (QED) is 0.544. The van der Waals surface area contributed by atoms with E-state index in [-0.39, 0.29) is 0 Å². The summed E-state index contributed by atoms with van der Waals surface area (Å²) in [4.78, 5) is 0. The van der Waals surface area contributed by atoms with Gasteiger partial charge in [-0.05, 0) is 18.4 Å². The summed E-state index contributed by atoms with van der Waals surface area (Å²) in [5.41, 5.74) is 2.08. The van der Waals surface area contributed by atoms with Gasteiger partial charge in [-0.2, -0.15) is 0 Å². The van der Waals surface area contributed by atoms with E-state index in [9.17, 15) is 4.39 Å². The molecule has 0 fully saturated rings. The highest BCUT2D eigenvalue weighted by molar-refractivity contribution is 5.27. The molecule has 1 unspecified atom stereocenters. The standard InChI is InChI=1S/C10H15F/c1-7(2)9-5-4-8(3)6-10(9)11/h4-5,7,10H,6H2,1-3H3. The zero-order valence-corrected chi connectivity index (χ0v) is 7.39. The minimum atomic E-state index is -0.736. The number of alkyl halides is 1. The van der Waals surface area contributed by atoms with Crippen LogP contribution in [0.15, 0.2) is 23.3 Å². The van der Waals surface area contributed by atoms with E-state index >= 15 is 0 Å². The van der Waals surface area contributed by atoms with Crippen molar-refractivity contribution < 1.29 is 4.39 Å². The highest BCUT2D eigenvalue weighted by Gasteiger charge is 2.18. The Hall–Kier alpha value is -0.590. The molecule has 0 N–H and O–H groups in total. The summed E-state index contributed by atoms with van der Waals surface area (Å²) < 4.78 is 13.2. The number of rotatable bonds is 1. The second-order valence-corrected chi connectivity index (χ2v) is 3.51. The third-order valence-electron chi connectivity index (χ3n) is 2.09. The van der Waals surface area contributed by atoms with Crippen LogP contribution in [-0.2, 0) is 0 Å². The second kappa shape index (κ2) is 3.21. The predicted molar refractivity (Wildman–Crippen MR) is 46.2 cm³/mol. The lowest BCUT2D eigenvalue weighted by Crippen LogP contribution is -2.13. The number of hydrogen-bond donors (Lipinski definition) is 0. The molecule has 0 saturated carbocycles. The molecule has 1 heteroatoms. The average Bonchev–Trinajstić information content (AvgIpc) is 1.85. The van der Waals surface area contributed by atoms with Crippen LogP contribution in [0.2, 0.25) is 0 Å². The van der Waals surface area contributed by atoms with E-state index in [0.29, 0.717) is 12.3 Å². The monoisotopic (exact) mass is 154 g/mol. The molecule has 0 nitrogen and oxygen atoms in total. The first kappa shape index (κ1) is 8.51. The molecular weight excluding hydrogens is 139 g/mol. The summed E-state index contributed by atoms with van der Waals surface area (Å²) >= 11 is 0. The Bertz CT molecular complexity index is 199. The number of allylic oxidation sites excluding steroid dienone is 4. The molecule has 1 atom stereocenters. The lowest BCUT2D eigenvalue weighted by atomic mass is 9.90. The Labute approximate surface area is 67.8 Å². The second-order valence-electron chi connectivity index (χ2n) is 3.51. The van der Waals surface area contributed by atoms with Gasteiger partial charge in [0.15, 0.2) is 0 Å². The van der Waals surface area contributed by atoms with Crippen LogP contribution in [-0.4, -0.2) is 6.17 Å². The van der Waals surface area contributed by atoms with E-state index < -0.39 is 6.17 Å². The fourth-order valence-electron chi connectivity index (χ4n) is 1.37. The smallest absolute Gasteiger partial charge is 0.125 e. The van der Waals surface area contributed by atoms with Gasteiger partial charge in [0, 0.05) is 6.42 Å². The van der Waals surface area contributed by atoms with Crippen molar-refractivity contribution in [3.05, 3.63) is 23.3 Å². The van der Waals surface area contributed by atoms with Crippen molar-refractivity contribution in [1.82, 2.24) is 0 Å². The molecule has 62 valence electrons. The molecule has 0 saturated heterocycles. The van der Waals surface area contributed by atoms with Crippen LogP contribution in [0.5, 0.6) is 0 Å². The molecule has 1 aliphatic rings. The normalized spacial score (nSPS) is 25.0. The molecule has 0 aromatic rings. The Morgan fingerprint density at radius 2 is 2.09 bits per heavy atom. The maximum Gasteiger partial charge on any atom is 0.125 e. The molecular formula is C10H15F. The fourth-order valence-corrected chi connectivity index (χ4v) is 1.37. The summed E-state index contributed by atoms with van der Waals surface area (Å²) in [5, 5.41) is 0. The van der Waals surface area contributed by atoms with Crippen molar-refractivity contribution in [3.63, 3.8) is 0 Å². The number of halogens is 1. The van der Waals surface area contributed by atoms with Crippen LogP contribution in [0.25, 0.3) is 0 Å². The Morgan fingerprint density at radius 3 is 2.55 bits per heavy atom. The molecule has 0 radical (unpaired) electrons. The van der Waals surface area contributed by atoms with Crippen molar-refractivity contribution >= 4 is 0 Å². The first-order valence-electron chi connectivity index (χ1n) is 4.12. The van der Waals surface area contributed by atoms with Gasteiger partial charge in [0.1, 0.15) is 6.17 Å². The van der Waals surface area contributed by atoms with Gasteiger partial charge < -0.3 is 0 Å². The van der Waals surface area contributed by atoms with Crippen molar-refractivity contribution in [2.45, 2.75) is 33.4 Å². The average molecular weight is 154 g/mol. The van der Waals surface area contributed by atoms with Crippen LogP contribution in [0, 0.1) is 5.92 Å². The summed E-state index contributed by atoms with van der Waals surface area (Å²) in [7, 11) is 0. The minimum Gasteiger partial charge on any atom is -0.242 e. The van der Waals surface area contributed by atoms with E-state index in [1.54, 1.807) is 0 Å². The van der Waals surface area contributed by atoms with Crippen LogP contribution in [0.3, 0.4) is 0 Å². The molecule has 0 spiro atoms. The van der Waals surface area contributed by atoms with Crippen LogP contribution < -0.4 is 0 Å². The van der Waals surface area contributed by atoms with Crippen molar-refractivity contribution in [2.75, 3.05) is 0 Å². The van der Waals surface area contributed by atoms with Gasteiger partial charge in [-0.15, -0.1) is 0 Å². The molecule has 1 rings (SSSR count). The molecule has 0 aliphatic heterocycles. The largest absolute Gasteiger partial charge is 0.242 e. The van der Waals surface area contributed by atoms with Crippen LogP contribution in [0.1, 0.15) is 27.2 Å². The summed E-state index contributed by atoms with van der Waals surface area (Å²) in [6.07, 6.45) is 3.80. The number of hydrogen-bond acceptors (Lipinski definition) is 0. The Morgan fingerprint density at radius 1 is 1.45 bits per heavy atom. The van der Waals surface area contributed by atoms with Gasteiger partial charge in [-0.3, -0.25) is 0 Å². The molecule has 0 heterocycles. The van der Waals surface area contributed by atoms with Crippen LogP contribution >= 0.6 is 0 Å². The SMILES string of the molecule is CC1=CC=C(C(C)C)C(F)C1. The minimum absolute atomic E-state index is 0.342. The zero-order valence-electron chi connectivity index (χ0n) is 7.39. The lowest BCUT2D eigenvalue weighted by molar-refractivity contribution is 0.353. The summed E-state index contributed by atoms with van der Waals surface area (Å²) in [5.74, 6) is 0.342. The van der Waals surface area contributed by atoms with E-state index in [1.807, 2.05) is 32.9 Å². The van der Waals surface area contributed by atoms with Gasteiger partial charge in [0.05, 0.1) is 0 Å². The fraction of sp³-hybridized carbons (Fsp3) is 0.600. The zero-order chi connectivity index (χ0) is 8.43. The summed E-state index contributed by atoms with van der Waals surface area (Å²) in [6, 6.07) is 0.